The van der Waals surface area contributed by atoms with E-state index >= 15 is 0 Å². The van der Waals surface area contributed by atoms with Crippen LogP contribution in [0.15, 0.2) is 24.3 Å². The normalized spacial score (nSPS) is 12.2. The number of rotatable bonds is 5. The summed E-state index contributed by atoms with van der Waals surface area (Å²) < 4.78 is 0. The lowest BCUT2D eigenvalue weighted by molar-refractivity contribution is -0.121. The molecule has 1 aromatic carbocycles. The highest BCUT2D eigenvalue weighted by Gasteiger charge is 2.11. The molecule has 18 heavy (non-hydrogen) atoms. The van der Waals surface area contributed by atoms with E-state index in [2.05, 4.69) is 5.32 Å². The van der Waals surface area contributed by atoms with Gasteiger partial charge in [0.25, 0.3) is 0 Å². The summed E-state index contributed by atoms with van der Waals surface area (Å²) in [6.07, 6.45) is 0.275. The quantitative estimate of drug-likeness (QED) is 0.839. The Balaban J connectivity index is 2.57. The standard InChI is InChI=1S/C14H19NO3/c1-9(2)10(3)15-13(16)8-11-4-6-12(7-5-11)14(17)18/h4-7,9-10H,8H2,1-3H3,(H,15,16)(H,17,18). The van der Waals surface area contributed by atoms with Crippen LogP contribution in [-0.2, 0) is 11.2 Å². The number of carbonyl (C=O) groups excluding carboxylic acids is 1. The first-order valence-corrected chi connectivity index (χ1v) is 6.01. The summed E-state index contributed by atoms with van der Waals surface area (Å²) in [6, 6.07) is 6.50. The number of carbonyl (C=O) groups is 2. The lowest BCUT2D eigenvalue weighted by Gasteiger charge is -2.17. The molecule has 0 saturated carbocycles. The Bertz CT molecular complexity index is 423. The van der Waals surface area contributed by atoms with Crippen LogP contribution in [-0.4, -0.2) is 23.0 Å². The molecule has 0 aliphatic heterocycles. The number of carboxylic acid groups (broad SMARTS) is 1. The summed E-state index contributed by atoms with van der Waals surface area (Å²) >= 11 is 0. The lowest BCUT2D eigenvalue weighted by Crippen LogP contribution is -2.37. The van der Waals surface area contributed by atoms with Crippen LogP contribution >= 0.6 is 0 Å². The van der Waals surface area contributed by atoms with E-state index < -0.39 is 5.97 Å². The fourth-order valence-corrected chi connectivity index (χ4v) is 1.42. The molecule has 0 aliphatic rings. The second-order valence-electron chi connectivity index (χ2n) is 4.78. The molecular weight excluding hydrogens is 230 g/mol. The van der Waals surface area contributed by atoms with Crippen LogP contribution in [0.4, 0.5) is 0 Å². The summed E-state index contributed by atoms with van der Waals surface area (Å²) in [4.78, 5) is 22.4. The van der Waals surface area contributed by atoms with Crippen LogP contribution in [0.1, 0.15) is 36.7 Å². The Morgan fingerprint density at radius 1 is 1.17 bits per heavy atom. The number of carboxylic acids is 1. The molecule has 0 aliphatic carbocycles. The highest BCUT2D eigenvalue weighted by molar-refractivity contribution is 5.87. The van der Waals surface area contributed by atoms with E-state index in [1.54, 1.807) is 12.1 Å². The molecule has 0 aromatic heterocycles. The third-order valence-electron chi connectivity index (χ3n) is 2.95. The predicted octanol–water partition coefficient (Wildman–Crippen LogP) is 2.09. The van der Waals surface area contributed by atoms with E-state index in [9.17, 15) is 9.59 Å². The molecule has 98 valence electrons. The fraction of sp³-hybridized carbons (Fsp3) is 0.429. The largest absolute Gasteiger partial charge is 0.478 e. The van der Waals surface area contributed by atoms with Gasteiger partial charge in [-0.25, -0.2) is 4.79 Å². The molecule has 0 radical (unpaired) electrons. The van der Waals surface area contributed by atoms with Gasteiger partial charge in [0.05, 0.1) is 12.0 Å². The molecule has 0 bridgehead atoms. The first-order valence-electron chi connectivity index (χ1n) is 6.01. The number of nitrogens with one attached hydrogen (secondary N) is 1. The minimum Gasteiger partial charge on any atom is -0.478 e. The summed E-state index contributed by atoms with van der Waals surface area (Å²) in [5.74, 6) is -0.609. The minimum atomic E-state index is -0.959. The van der Waals surface area contributed by atoms with Crippen molar-refractivity contribution in [2.45, 2.75) is 33.2 Å². The van der Waals surface area contributed by atoms with Crippen LogP contribution in [0.3, 0.4) is 0 Å². The van der Waals surface area contributed by atoms with Gasteiger partial charge in [-0.05, 0) is 30.5 Å². The number of hydrogen-bond acceptors (Lipinski definition) is 2. The van der Waals surface area contributed by atoms with Gasteiger partial charge >= 0.3 is 5.97 Å². The summed E-state index contributed by atoms with van der Waals surface area (Å²) in [6.45, 7) is 6.06. The highest BCUT2D eigenvalue weighted by Crippen LogP contribution is 2.06. The van der Waals surface area contributed by atoms with Crippen LogP contribution in [0.5, 0.6) is 0 Å². The maximum Gasteiger partial charge on any atom is 0.335 e. The van der Waals surface area contributed by atoms with E-state index in [-0.39, 0.29) is 23.9 Å². The van der Waals surface area contributed by atoms with E-state index in [1.165, 1.54) is 12.1 Å². The molecule has 1 aromatic rings. The topological polar surface area (TPSA) is 66.4 Å². The van der Waals surface area contributed by atoms with Crippen molar-refractivity contribution in [2.75, 3.05) is 0 Å². The zero-order valence-corrected chi connectivity index (χ0v) is 10.9. The van der Waals surface area contributed by atoms with Crippen molar-refractivity contribution in [3.8, 4) is 0 Å². The van der Waals surface area contributed by atoms with Crippen molar-refractivity contribution in [2.24, 2.45) is 5.92 Å². The van der Waals surface area contributed by atoms with Crippen LogP contribution < -0.4 is 5.32 Å². The first kappa shape index (κ1) is 14.2. The SMILES string of the molecule is CC(C)C(C)NC(=O)Cc1ccc(C(=O)O)cc1. The predicted molar refractivity (Wildman–Crippen MR) is 69.5 cm³/mol. The maximum absolute atomic E-state index is 11.7. The van der Waals surface area contributed by atoms with E-state index in [0.29, 0.717) is 5.92 Å². The van der Waals surface area contributed by atoms with Crippen molar-refractivity contribution in [1.29, 1.82) is 0 Å². The van der Waals surface area contributed by atoms with Gasteiger partial charge < -0.3 is 10.4 Å². The smallest absolute Gasteiger partial charge is 0.335 e. The highest BCUT2D eigenvalue weighted by atomic mass is 16.4. The Hall–Kier alpha value is -1.84. The summed E-state index contributed by atoms with van der Waals surface area (Å²) in [7, 11) is 0. The Labute approximate surface area is 107 Å². The number of benzene rings is 1. The van der Waals surface area contributed by atoms with E-state index in [4.69, 9.17) is 5.11 Å². The molecule has 0 spiro atoms. The Kier molecular flexibility index (Phi) is 4.89. The summed E-state index contributed by atoms with van der Waals surface area (Å²) in [5.41, 5.74) is 1.04. The van der Waals surface area contributed by atoms with E-state index in [1.807, 2.05) is 20.8 Å². The van der Waals surface area contributed by atoms with Crippen molar-refractivity contribution >= 4 is 11.9 Å². The van der Waals surface area contributed by atoms with Crippen LogP contribution in [0.25, 0.3) is 0 Å². The minimum absolute atomic E-state index is 0.0423. The molecule has 1 unspecified atom stereocenters. The monoisotopic (exact) mass is 249 g/mol. The maximum atomic E-state index is 11.7. The molecule has 0 heterocycles. The number of aromatic carboxylic acids is 1. The van der Waals surface area contributed by atoms with Gasteiger partial charge in [-0.2, -0.15) is 0 Å². The van der Waals surface area contributed by atoms with Crippen molar-refractivity contribution in [3.05, 3.63) is 35.4 Å². The molecular formula is C14H19NO3. The second kappa shape index (κ2) is 6.19. The lowest BCUT2D eigenvalue weighted by atomic mass is 10.1. The number of amides is 1. The molecule has 4 nitrogen and oxygen atoms in total. The van der Waals surface area contributed by atoms with Crippen molar-refractivity contribution in [3.63, 3.8) is 0 Å². The zero-order valence-electron chi connectivity index (χ0n) is 10.9. The summed E-state index contributed by atoms with van der Waals surface area (Å²) in [5, 5.41) is 11.7. The van der Waals surface area contributed by atoms with Gasteiger partial charge in [0.15, 0.2) is 0 Å². The van der Waals surface area contributed by atoms with Crippen LogP contribution in [0, 0.1) is 5.92 Å². The van der Waals surface area contributed by atoms with Gasteiger partial charge in [-0.3, -0.25) is 4.79 Å². The molecule has 1 rings (SSSR count). The van der Waals surface area contributed by atoms with Gasteiger partial charge in [0, 0.05) is 6.04 Å². The molecule has 2 N–H and O–H groups in total. The molecule has 1 amide bonds. The molecule has 4 heteroatoms. The fourth-order valence-electron chi connectivity index (χ4n) is 1.42. The second-order valence-corrected chi connectivity index (χ2v) is 4.78. The average Bonchev–Trinajstić information content (AvgIpc) is 2.29. The van der Waals surface area contributed by atoms with E-state index in [0.717, 1.165) is 5.56 Å². The first-order chi connectivity index (χ1) is 8.40. The average molecular weight is 249 g/mol. The molecule has 1 atom stereocenters. The van der Waals surface area contributed by atoms with Crippen molar-refractivity contribution in [1.82, 2.24) is 5.32 Å². The van der Waals surface area contributed by atoms with Gasteiger partial charge in [0.2, 0.25) is 5.91 Å². The number of hydrogen-bond donors (Lipinski definition) is 2. The van der Waals surface area contributed by atoms with Crippen LogP contribution in [0.2, 0.25) is 0 Å². The Morgan fingerprint density at radius 3 is 2.17 bits per heavy atom. The third-order valence-corrected chi connectivity index (χ3v) is 2.95. The Morgan fingerprint density at radius 2 is 1.72 bits per heavy atom. The zero-order chi connectivity index (χ0) is 13.7. The molecule has 0 saturated heterocycles. The third kappa shape index (κ3) is 4.20. The van der Waals surface area contributed by atoms with Gasteiger partial charge in [-0.15, -0.1) is 0 Å². The molecule has 0 fully saturated rings. The van der Waals surface area contributed by atoms with Gasteiger partial charge in [-0.1, -0.05) is 26.0 Å². The van der Waals surface area contributed by atoms with Crippen molar-refractivity contribution < 1.29 is 14.7 Å². The van der Waals surface area contributed by atoms with Gasteiger partial charge in [0.1, 0.15) is 0 Å².